The van der Waals surface area contributed by atoms with Crippen LogP contribution in [-0.4, -0.2) is 21.9 Å². The lowest BCUT2D eigenvalue weighted by atomic mass is 9.96. The highest BCUT2D eigenvalue weighted by molar-refractivity contribution is 5.97. The average Bonchev–Trinajstić information content (AvgIpc) is 3.58. The number of carbonyl (C=O) groups is 1. The van der Waals surface area contributed by atoms with Gasteiger partial charge in [0.2, 0.25) is 0 Å². The fourth-order valence-corrected chi connectivity index (χ4v) is 3.62. The van der Waals surface area contributed by atoms with Crippen LogP contribution in [-0.2, 0) is 0 Å². The molecule has 0 radical (unpaired) electrons. The van der Waals surface area contributed by atoms with Crippen LogP contribution in [0.3, 0.4) is 0 Å². The van der Waals surface area contributed by atoms with Crippen LogP contribution in [0.5, 0.6) is 0 Å². The summed E-state index contributed by atoms with van der Waals surface area (Å²) in [6.07, 6.45) is 3.78. The summed E-state index contributed by atoms with van der Waals surface area (Å²) in [6, 6.07) is 22.6. The third kappa shape index (κ3) is 3.49. The molecule has 1 saturated carbocycles. The van der Waals surface area contributed by atoms with Gasteiger partial charge in [-0.15, -0.1) is 0 Å². The van der Waals surface area contributed by atoms with Gasteiger partial charge in [-0.05, 0) is 60.7 Å². The zero-order valence-electron chi connectivity index (χ0n) is 16.2. The van der Waals surface area contributed by atoms with Crippen LogP contribution in [0.2, 0.25) is 0 Å². The van der Waals surface area contributed by atoms with Crippen molar-refractivity contribution in [3.05, 3.63) is 84.2 Å². The molecule has 1 aromatic heterocycles. The minimum atomic E-state index is 0.00299. The molecule has 3 aromatic carbocycles. The van der Waals surface area contributed by atoms with Crippen LogP contribution >= 0.6 is 0 Å². The molecule has 0 bridgehead atoms. The van der Waals surface area contributed by atoms with Gasteiger partial charge in [0.25, 0.3) is 5.91 Å². The summed E-state index contributed by atoms with van der Waals surface area (Å²) in [5.41, 5.74) is 6.82. The van der Waals surface area contributed by atoms with Gasteiger partial charge in [0.15, 0.2) is 0 Å². The Hall–Kier alpha value is -3.53. The second kappa shape index (κ2) is 7.13. The number of nitrogens with zero attached hydrogens (tertiary/aromatic N) is 2. The van der Waals surface area contributed by atoms with Crippen molar-refractivity contribution in [1.29, 1.82) is 0 Å². The van der Waals surface area contributed by atoms with Crippen LogP contribution in [0.15, 0.2) is 73.1 Å². The van der Waals surface area contributed by atoms with E-state index in [-0.39, 0.29) is 5.91 Å². The van der Waals surface area contributed by atoms with Crippen LogP contribution in [0.1, 0.15) is 28.8 Å². The van der Waals surface area contributed by atoms with Crippen LogP contribution in [0.25, 0.3) is 33.3 Å². The Balaban J connectivity index is 1.56. The third-order valence-corrected chi connectivity index (χ3v) is 5.41. The largest absolute Gasteiger partial charge is 0.349 e. The predicted molar refractivity (Wildman–Crippen MR) is 116 cm³/mol. The summed E-state index contributed by atoms with van der Waals surface area (Å²) in [4.78, 5) is 21.5. The van der Waals surface area contributed by atoms with E-state index < -0.39 is 0 Å². The monoisotopic (exact) mass is 379 g/mol. The second-order valence-corrected chi connectivity index (χ2v) is 7.60. The van der Waals surface area contributed by atoms with E-state index in [0.717, 1.165) is 51.7 Å². The maximum absolute atomic E-state index is 12.5. The molecule has 0 unspecified atom stereocenters. The van der Waals surface area contributed by atoms with Crippen molar-refractivity contribution in [3.8, 4) is 22.4 Å². The lowest BCUT2D eigenvalue weighted by Crippen LogP contribution is -2.25. The number of fused-ring (bicyclic) bond motifs is 1. The lowest BCUT2D eigenvalue weighted by Gasteiger charge is -2.11. The second-order valence-electron chi connectivity index (χ2n) is 7.60. The Morgan fingerprint density at radius 1 is 0.931 bits per heavy atom. The standard InChI is InChI=1S/C25H21N3O/c1-16-7-8-19(25(29)28-20-10-11-20)13-22(16)18-9-12-21-23(14-18)26-15-27-24(21)17-5-3-2-4-6-17/h2-9,12-15,20H,10-11H2,1H3,(H,28,29). The minimum Gasteiger partial charge on any atom is -0.349 e. The molecule has 4 nitrogen and oxygen atoms in total. The molecule has 142 valence electrons. The topological polar surface area (TPSA) is 54.9 Å². The van der Waals surface area contributed by atoms with Crippen molar-refractivity contribution in [2.24, 2.45) is 0 Å². The first-order valence-electron chi connectivity index (χ1n) is 9.91. The first-order chi connectivity index (χ1) is 14.2. The van der Waals surface area contributed by atoms with Gasteiger partial charge in [-0.1, -0.05) is 42.5 Å². The molecule has 29 heavy (non-hydrogen) atoms. The summed E-state index contributed by atoms with van der Waals surface area (Å²) < 4.78 is 0. The summed E-state index contributed by atoms with van der Waals surface area (Å²) in [7, 11) is 0. The molecular formula is C25H21N3O. The smallest absolute Gasteiger partial charge is 0.251 e. The molecule has 0 atom stereocenters. The average molecular weight is 379 g/mol. The Kier molecular flexibility index (Phi) is 4.32. The SMILES string of the molecule is Cc1ccc(C(=O)NC2CC2)cc1-c1ccc2c(-c3ccccc3)ncnc2c1. The predicted octanol–water partition coefficient (Wildman–Crippen LogP) is 5.16. The van der Waals surface area contributed by atoms with Gasteiger partial charge < -0.3 is 5.32 Å². The number of aryl methyl sites for hydroxylation is 1. The van der Waals surface area contributed by atoms with E-state index >= 15 is 0 Å². The molecule has 4 heteroatoms. The zero-order chi connectivity index (χ0) is 19.8. The van der Waals surface area contributed by atoms with Crippen molar-refractivity contribution in [2.75, 3.05) is 0 Å². The molecule has 1 aliphatic rings. The molecule has 1 amide bonds. The molecule has 1 fully saturated rings. The number of hydrogen-bond donors (Lipinski definition) is 1. The van der Waals surface area contributed by atoms with Crippen molar-refractivity contribution in [2.45, 2.75) is 25.8 Å². The van der Waals surface area contributed by atoms with Crippen LogP contribution in [0, 0.1) is 6.92 Å². The number of rotatable bonds is 4. The first-order valence-corrected chi connectivity index (χ1v) is 9.91. The Bertz CT molecular complexity index is 1210. The van der Waals surface area contributed by atoms with Crippen molar-refractivity contribution in [1.82, 2.24) is 15.3 Å². The molecule has 0 saturated heterocycles. The minimum absolute atomic E-state index is 0.00299. The number of benzene rings is 3. The summed E-state index contributed by atoms with van der Waals surface area (Å²) in [6.45, 7) is 2.07. The van der Waals surface area contributed by atoms with E-state index in [9.17, 15) is 4.79 Å². The number of hydrogen-bond acceptors (Lipinski definition) is 3. The maximum Gasteiger partial charge on any atom is 0.251 e. The van der Waals surface area contributed by atoms with E-state index in [0.29, 0.717) is 11.6 Å². The fourth-order valence-electron chi connectivity index (χ4n) is 3.62. The van der Waals surface area contributed by atoms with Crippen molar-refractivity contribution in [3.63, 3.8) is 0 Å². The molecule has 1 aliphatic carbocycles. The quantitative estimate of drug-likeness (QED) is 0.532. The summed E-state index contributed by atoms with van der Waals surface area (Å²) >= 11 is 0. The number of carbonyl (C=O) groups excluding carboxylic acids is 1. The Morgan fingerprint density at radius 2 is 1.76 bits per heavy atom. The van der Waals surface area contributed by atoms with Crippen molar-refractivity contribution >= 4 is 16.8 Å². The zero-order valence-corrected chi connectivity index (χ0v) is 16.2. The van der Waals surface area contributed by atoms with Gasteiger partial charge in [0.05, 0.1) is 11.2 Å². The Morgan fingerprint density at radius 3 is 2.55 bits per heavy atom. The molecule has 1 heterocycles. The number of nitrogens with one attached hydrogen (secondary N) is 1. The highest BCUT2D eigenvalue weighted by Crippen LogP contribution is 2.31. The summed E-state index contributed by atoms with van der Waals surface area (Å²) in [5.74, 6) is 0.00299. The van der Waals surface area contributed by atoms with Gasteiger partial charge in [0.1, 0.15) is 6.33 Å². The number of amides is 1. The Labute approximate surface area is 169 Å². The number of aromatic nitrogens is 2. The highest BCUT2D eigenvalue weighted by atomic mass is 16.1. The lowest BCUT2D eigenvalue weighted by molar-refractivity contribution is 0.0951. The molecule has 1 N–H and O–H groups in total. The normalized spacial score (nSPS) is 13.4. The van der Waals surface area contributed by atoms with Gasteiger partial charge in [-0.2, -0.15) is 0 Å². The van der Waals surface area contributed by atoms with Crippen LogP contribution < -0.4 is 5.32 Å². The van der Waals surface area contributed by atoms with Gasteiger partial charge >= 0.3 is 0 Å². The van der Waals surface area contributed by atoms with E-state index in [1.165, 1.54) is 0 Å². The molecule has 4 aromatic rings. The highest BCUT2D eigenvalue weighted by Gasteiger charge is 2.24. The van der Waals surface area contributed by atoms with Crippen molar-refractivity contribution < 1.29 is 4.79 Å². The first kappa shape index (κ1) is 17.6. The van der Waals surface area contributed by atoms with E-state index in [4.69, 9.17) is 0 Å². The maximum atomic E-state index is 12.5. The molecule has 0 aliphatic heterocycles. The molecule has 5 rings (SSSR count). The van der Waals surface area contributed by atoms with Gasteiger partial charge in [-0.25, -0.2) is 9.97 Å². The third-order valence-electron chi connectivity index (χ3n) is 5.41. The summed E-state index contributed by atoms with van der Waals surface area (Å²) in [5, 5.41) is 4.08. The molecular weight excluding hydrogens is 358 g/mol. The van der Waals surface area contributed by atoms with E-state index in [1.54, 1.807) is 6.33 Å². The van der Waals surface area contributed by atoms with E-state index in [1.807, 2.05) is 36.4 Å². The fraction of sp³-hybridized carbons (Fsp3) is 0.160. The van der Waals surface area contributed by atoms with Crippen LogP contribution in [0.4, 0.5) is 0 Å². The van der Waals surface area contributed by atoms with Gasteiger partial charge in [-0.3, -0.25) is 4.79 Å². The van der Waals surface area contributed by atoms with E-state index in [2.05, 4.69) is 52.5 Å². The van der Waals surface area contributed by atoms with Gasteiger partial charge in [0, 0.05) is 22.6 Å². The molecule has 0 spiro atoms.